The highest BCUT2D eigenvalue weighted by molar-refractivity contribution is 5.85. The lowest BCUT2D eigenvalue weighted by molar-refractivity contribution is -0.362. The van der Waals surface area contributed by atoms with Crippen molar-refractivity contribution in [1.82, 2.24) is 0 Å². The maximum atomic E-state index is 12.5. The highest BCUT2D eigenvalue weighted by atomic mass is 16.7. The fourth-order valence-corrected chi connectivity index (χ4v) is 11.4. The first kappa shape index (κ1) is 37.0. The van der Waals surface area contributed by atoms with E-state index in [9.17, 15) is 50.8 Å². The van der Waals surface area contributed by atoms with E-state index >= 15 is 0 Å². The third-order valence-electron chi connectivity index (χ3n) is 14.3. The molecule has 3 unspecified atom stereocenters. The topological polar surface area (TPSA) is 245 Å². The minimum atomic E-state index is -1.71. The first-order chi connectivity index (χ1) is 23.6. The van der Waals surface area contributed by atoms with Crippen LogP contribution in [-0.4, -0.2) is 150 Å². The number of rotatable bonds is 7. The molecule has 0 radical (unpaired) electrons. The van der Waals surface area contributed by atoms with Crippen molar-refractivity contribution >= 4 is 5.97 Å². The molecule has 0 aromatic rings. The third-order valence-corrected chi connectivity index (χ3v) is 14.3. The van der Waals surface area contributed by atoms with Gasteiger partial charge >= 0.3 is 5.97 Å². The van der Waals surface area contributed by atoms with Gasteiger partial charge in [-0.1, -0.05) is 6.92 Å². The summed E-state index contributed by atoms with van der Waals surface area (Å²) in [6.07, 6.45) is -8.77. The molecule has 9 N–H and O–H groups in total. The lowest BCUT2D eigenvalue weighted by Gasteiger charge is -2.66. The standard InChI is InChI=1S/C35H54O15/c1-16-29(50-31-27(42)25(40)24(39)22(13-36)49-31)26(41)28(43)30(47-16)48-18-3-8-33(15-37)20-4-7-32(2)19(17-11-23(38)46-14-17)6-10-35(32,45)21(20)5-9-34(33,44)12-18/h11,16,18-22,24-31,36-37,39-45H,3-10,12-15H2,1-2H3/t16-,18+,19?,20?,21?,22-,24-,25-,26+,27-,28-,29-,30+,31+,32-,33+,34+,35+/m1/s1. The van der Waals surface area contributed by atoms with Gasteiger partial charge in [0, 0.05) is 23.3 Å². The molecule has 0 aromatic carbocycles. The maximum Gasteiger partial charge on any atom is 0.331 e. The van der Waals surface area contributed by atoms with Crippen molar-refractivity contribution in [1.29, 1.82) is 0 Å². The number of carbonyl (C=O) groups is 1. The Morgan fingerprint density at radius 1 is 0.820 bits per heavy atom. The molecule has 7 aliphatic rings. The van der Waals surface area contributed by atoms with Crippen LogP contribution in [0, 0.1) is 28.6 Å². The first-order valence-corrected chi connectivity index (χ1v) is 18.2. The molecule has 0 amide bonds. The van der Waals surface area contributed by atoms with Crippen molar-refractivity contribution < 1.29 is 74.4 Å². The van der Waals surface area contributed by atoms with Gasteiger partial charge in [-0.3, -0.25) is 0 Å². The highest BCUT2D eigenvalue weighted by Crippen LogP contribution is 2.70. The van der Waals surface area contributed by atoms with E-state index in [4.69, 9.17) is 23.7 Å². The lowest BCUT2D eigenvalue weighted by Crippen LogP contribution is -2.69. The van der Waals surface area contributed by atoms with Crippen LogP contribution in [0.2, 0.25) is 0 Å². The van der Waals surface area contributed by atoms with E-state index in [1.807, 2.05) is 0 Å². The quantitative estimate of drug-likeness (QED) is 0.106. The van der Waals surface area contributed by atoms with Crippen LogP contribution in [0.25, 0.3) is 0 Å². The number of esters is 1. The number of hydrogen-bond donors (Lipinski definition) is 9. The molecule has 7 rings (SSSR count). The number of cyclic esters (lactones) is 1. The normalized spacial score (nSPS) is 55.1. The van der Waals surface area contributed by atoms with Gasteiger partial charge in [0.2, 0.25) is 0 Å². The van der Waals surface area contributed by atoms with Crippen LogP contribution in [0.5, 0.6) is 0 Å². The highest BCUT2D eigenvalue weighted by Gasteiger charge is 2.71. The smallest absolute Gasteiger partial charge is 0.331 e. The van der Waals surface area contributed by atoms with Crippen molar-refractivity contribution in [2.75, 3.05) is 19.8 Å². The Labute approximate surface area is 290 Å². The SMILES string of the molecule is C[C@H]1O[C@@H](O[C@H]2CC[C@]3(CO)C4CC[C@]5(C)C(C6=CC(=O)OC6)CC[C@]5(O)C4CC[C@]3(O)C2)[C@H](O)[C@H](O)[C@@H]1O[C@@H]1O[C@H](CO)[C@@H](O)[C@@H](O)[C@H]1O. The second-order valence-electron chi connectivity index (χ2n) is 16.4. The van der Waals surface area contributed by atoms with Crippen LogP contribution in [0.3, 0.4) is 0 Å². The van der Waals surface area contributed by atoms with E-state index < -0.39 is 96.2 Å². The van der Waals surface area contributed by atoms with Crippen molar-refractivity contribution in [2.24, 2.45) is 28.6 Å². The van der Waals surface area contributed by atoms with Gasteiger partial charge in [0.05, 0.1) is 36.6 Å². The average Bonchev–Trinajstić information content (AvgIpc) is 3.64. The zero-order valence-corrected chi connectivity index (χ0v) is 28.6. The molecule has 0 spiro atoms. The van der Waals surface area contributed by atoms with Gasteiger partial charge in [0.1, 0.15) is 49.3 Å². The molecule has 50 heavy (non-hydrogen) atoms. The van der Waals surface area contributed by atoms with Crippen molar-refractivity contribution in [3.05, 3.63) is 11.6 Å². The fourth-order valence-electron chi connectivity index (χ4n) is 11.4. The molecule has 3 aliphatic heterocycles. The summed E-state index contributed by atoms with van der Waals surface area (Å²) in [5.74, 6) is -0.602. The van der Waals surface area contributed by atoms with E-state index in [1.165, 1.54) is 0 Å². The number of ether oxygens (including phenoxy) is 5. The number of aliphatic hydroxyl groups excluding tert-OH is 7. The zero-order chi connectivity index (χ0) is 36.0. The lowest BCUT2D eigenvalue weighted by atomic mass is 9.41. The van der Waals surface area contributed by atoms with E-state index in [0.717, 1.165) is 12.0 Å². The van der Waals surface area contributed by atoms with E-state index in [-0.39, 0.29) is 43.4 Å². The minimum Gasteiger partial charge on any atom is -0.458 e. The molecule has 0 aromatic heterocycles. The summed E-state index contributed by atoms with van der Waals surface area (Å²) >= 11 is 0. The monoisotopic (exact) mass is 714 g/mol. The fraction of sp³-hybridized carbons (Fsp3) is 0.914. The summed E-state index contributed by atoms with van der Waals surface area (Å²) in [6.45, 7) is 3.03. The summed E-state index contributed by atoms with van der Waals surface area (Å²) in [5.41, 5.74) is -2.74. The molecule has 0 bridgehead atoms. The molecule has 18 atom stereocenters. The van der Waals surface area contributed by atoms with E-state index in [2.05, 4.69) is 6.92 Å². The average molecular weight is 715 g/mol. The first-order valence-electron chi connectivity index (χ1n) is 18.2. The number of fused-ring (bicyclic) bond motifs is 5. The Kier molecular flexibility index (Phi) is 9.79. The summed E-state index contributed by atoms with van der Waals surface area (Å²) < 4.78 is 28.5. The van der Waals surface area contributed by atoms with Crippen molar-refractivity contribution in [3.63, 3.8) is 0 Å². The molecule has 15 nitrogen and oxygen atoms in total. The number of carbonyl (C=O) groups excluding carboxylic acids is 1. The minimum absolute atomic E-state index is 0.0248. The second-order valence-corrected chi connectivity index (χ2v) is 16.4. The number of aliphatic hydroxyl groups is 9. The summed E-state index contributed by atoms with van der Waals surface area (Å²) in [4.78, 5) is 11.9. The van der Waals surface area contributed by atoms with Gasteiger partial charge in [-0.05, 0) is 81.6 Å². The van der Waals surface area contributed by atoms with Gasteiger partial charge in [-0.15, -0.1) is 0 Å². The summed E-state index contributed by atoms with van der Waals surface area (Å²) in [7, 11) is 0. The maximum absolute atomic E-state index is 12.5. The Bertz CT molecular complexity index is 1310. The van der Waals surface area contributed by atoms with Crippen LogP contribution in [0.1, 0.15) is 71.6 Å². The molecule has 6 fully saturated rings. The van der Waals surface area contributed by atoms with Crippen LogP contribution >= 0.6 is 0 Å². The molecule has 284 valence electrons. The number of hydrogen-bond acceptors (Lipinski definition) is 15. The summed E-state index contributed by atoms with van der Waals surface area (Å²) in [6, 6.07) is 0. The molecule has 4 saturated carbocycles. The molecular weight excluding hydrogens is 660 g/mol. The molecule has 4 aliphatic carbocycles. The Morgan fingerprint density at radius 2 is 1.52 bits per heavy atom. The third kappa shape index (κ3) is 5.45. The van der Waals surface area contributed by atoms with Gasteiger partial charge < -0.3 is 69.6 Å². The van der Waals surface area contributed by atoms with Crippen LogP contribution < -0.4 is 0 Å². The zero-order valence-electron chi connectivity index (χ0n) is 28.6. The van der Waals surface area contributed by atoms with Gasteiger partial charge in [0.25, 0.3) is 0 Å². The van der Waals surface area contributed by atoms with Crippen LogP contribution in [-0.2, 0) is 28.5 Å². The summed E-state index contributed by atoms with van der Waals surface area (Å²) in [5, 5.41) is 98.2. The van der Waals surface area contributed by atoms with Crippen LogP contribution in [0.4, 0.5) is 0 Å². The predicted molar refractivity (Wildman–Crippen MR) is 168 cm³/mol. The second kappa shape index (κ2) is 13.2. The van der Waals surface area contributed by atoms with Gasteiger partial charge in [-0.2, -0.15) is 0 Å². The van der Waals surface area contributed by atoms with Gasteiger partial charge in [-0.25, -0.2) is 4.79 Å². The van der Waals surface area contributed by atoms with Crippen molar-refractivity contribution in [3.8, 4) is 0 Å². The Hall–Kier alpha value is -1.31. The van der Waals surface area contributed by atoms with Crippen molar-refractivity contribution in [2.45, 2.75) is 150 Å². The van der Waals surface area contributed by atoms with E-state index in [1.54, 1.807) is 13.0 Å². The Morgan fingerprint density at radius 3 is 2.20 bits per heavy atom. The van der Waals surface area contributed by atoms with Gasteiger partial charge in [0.15, 0.2) is 12.6 Å². The molecule has 2 saturated heterocycles. The molecule has 15 heteroatoms. The molecule has 3 heterocycles. The Balaban J connectivity index is 1.02. The molecular formula is C35H54O15. The van der Waals surface area contributed by atoms with E-state index in [0.29, 0.717) is 44.9 Å². The van der Waals surface area contributed by atoms with Crippen LogP contribution in [0.15, 0.2) is 11.6 Å². The largest absolute Gasteiger partial charge is 0.458 e. The predicted octanol–water partition coefficient (Wildman–Crippen LogP) is -1.63.